The Morgan fingerprint density at radius 3 is 0.896 bits per heavy atom. The van der Waals surface area contributed by atoms with Gasteiger partial charge in [-0.05, 0) is 299 Å². The normalized spacial score (nSPS) is 12.0. The lowest BCUT2D eigenvalue weighted by atomic mass is 9.98. The van der Waals surface area contributed by atoms with Crippen molar-refractivity contribution < 1.29 is 46.9 Å². The van der Waals surface area contributed by atoms with Crippen molar-refractivity contribution in [1.82, 2.24) is 0 Å². The number of methoxy groups -OCH3 is 2. The van der Waals surface area contributed by atoms with Gasteiger partial charge in [0.25, 0.3) is 0 Å². The Morgan fingerprint density at radius 2 is 0.623 bits per heavy atom. The van der Waals surface area contributed by atoms with E-state index in [1.807, 2.05) is 52.0 Å². The van der Waals surface area contributed by atoms with Gasteiger partial charge in [0.1, 0.15) is 46.0 Å². The predicted molar refractivity (Wildman–Crippen MR) is 323 cm³/mol. The number of hydrogen-bond donors (Lipinski definition) is 2. The fourth-order valence-electron chi connectivity index (χ4n) is 10.9. The largest absolute Gasteiger partial charge is 0.507 e. The first-order valence-electron chi connectivity index (χ1n) is 27.2. The highest BCUT2D eigenvalue weighted by atomic mass is 28.5. The Kier molecular flexibility index (Phi) is 19.0. The molecule has 77 heavy (non-hydrogen) atoms. The minimum atomic E-state index is -2.45. The zero-order chi connectivity index (χ0) is 57.2. The van der Waals surface area contributed by atoms with Crippen molar-refractivity contribution in [2.24, 2.45) is 0 Å². The lowest BCUT2D eigenvalue weighted by molar-refractivity contribution is 0.374. The molecule has 10 nitrogen and oxygen atoms in total. The van der Waals surface area contributed by atoms with Crippen molar-refractivity contribution in [3.8, 4) is 69.0 Å². The predicted octanol–water partition coefficient (Wildman–Crippen LogP) is 18.3. The van der Waals surface area contributed by atoms with Crippen molar-refractivity contribution >= 4 is 25.2 Å². The van der Waals surface area contributed by atoms with Crippen LogP contribution in [0.4, 0.5) is 0 Å². The summed E-state index contributed by atoms with van der Waals surface area (Å²) < 4.78 is 52.7. The monoisotopic (exact) mass is 1100 g/mol. The summed E-state index contributed by atoms with van der Waals surface area (Å²) in [5, 5.41) is 20.7. The molecule has 0 aliphatic heterocycles. The quantitative estimate of drug-likeness (QED) is 0.0637. The molecular weight excluding hydrogens is 1010 g/mol. The summed E-state index contributed by atoms with van der Waals surface area (Å²) in [5.41, 5.74) is 15.6. The Hall–Kier alpha value is -5.71. The van der Waals surface area contributed by atoms with Crippen LogP contribution in [0.25, 0.3) is 0 Å². The Bertz CT molecular complexity index is 2860. The number of rotatable bonds is 22. The van der Waals surface area contributed by atoms with Crippen LogP contribution in [-0.4, -0.2) is 49.6 Å². The highest BCUT2D eigenvalue weighted by molar-refractivity contribution is 6.87. The molecule has 416 valence electrons. The molecule has 0 heterocycles. The third-order valence-electron chi connectivity index (χ3n) is 15.3. The van der Waals surface area contributed by atoms with E-state index in [4.69, 9.17) is 36.7 Å². The molecule has 6 aromatic carbocycles. The maximum absolute atomic E-state index is 10.3. The second-order valence-corrected chi connectivity index (χ2v) is 35.7. The van der Waals surface area contributed by atoms with Gasteiger partial charge >= 0.3 is 8.56 Å². The lowest BCUT2D eigenvalue weighted by Gasteiger charge is -2.39. The number of hydrogen-bond acceptors (Lipinski definition) is 10. The van der Waals surface area contributed by atoms with Crippen LogP contribution in [0.2, 0.25) is 51.4 Å². The molecule has 6 rings (SSSR count). The first-order chi connectivity index (χ1) is 35.9. The van der Waals surface area contributed by atoms with Crippen molar-refractivity contribution in [1.29, 1.82) is 0 Å². The average Bonchev–Trinajstić information content (AvgIpc) is 3.33. The van der Waals surface area contributed by atoms with Crippen LogP contribution in [0.15, 0.2) is 48.5 Å². The zero-order valence-corrected chi connectivity index (χ0v) is 53.5. The summed E-state index contributed by atoms with van der Waals surface area (Å²) in [5.74, 6) is 8.03. The Balaban J connectivity index is 1.04. The second-order valence-electron chi connectivity index (χ2n) is 23.3. The molecule has 0 saturated heterocycles. The standard InChI is InChI=1S/C64H88O10Si3/c1-37-31-53(32-38(2)57(37)65)69-61-43(7)47(11)63(48(12)44(61)8)71-59-41(5)29-51(35-55(59)67-15)25-23-27-75(17,18)73-77(21,22)74-76(19,20)28-24-26-52-30-42(6)60(56(36-52)68-16)72-64-49(13)45(9)62(46(10)50(64)14)70-54-33-39(3)58(66)40(4)34-54/h29-36,65-66H,23-28H2,1-22H3. The lowest BCUT2D eigenvalue weighted by Crippen LogP contribution is -2.52. The van der Waals surface area contributed by atoms with E-state index in [2.05, 4.69) is 133 Å². The van der Waals surface area contributed by atoms with E-state index in [0.717, 1.165) is 139 Å². The molecule has 2 N–H and O–H groups in total. The topological polar surface area (TPSA) is 114 Å². The van der Waals surface area contributed by atoms with Gasteiger partial charge in [-0.25, -0.2) is 0 Å². The third-order valence-corrected chi connectivity index (χ3v) is 26.8. The molecule has 0 unspecified atom stereocenters. The minimum absolute atomic E-state index is 0.291. The van der Waals surface area contributed by atoms with Crippen molar-refractivity contribution in [2.75, 3.05) is 14.2 Å². The number of phenols is 2. The average molecular weight is 1100 g/mol. The van der Waals surface area contributed by atoms with Crippen LogP contribution in [-0.2, 0) is 21.1 Å². The van der Waals surface area contributed by atoms with Gasteiger partial charge in [-0.15, -0.1) is 0 Å². The first kappa shape index (κ1) is 60.5. The first-order valence-corrected chi connectivity index (χ1v) is 36.2. The molecule has 13 heteroatoms. The fraction of sp³-hybridized carbons (Fsp3) is 0.438. The van der Waals surface area contributed by atoms with Gasteiger partial charge in [-0.2, -0.15) is 0 Å². The van der Waals surface area contributed by atoms with Crippen LogP contribution in [0.5, 0.6) is 69.0 Å². The van der Waals surface area contributed by atoms with Gasteiger partial charge in [0, 0.05) is 0 Å². The fourth-order valence-corrected chi connectivity index (χ4v) is 24.9. The molecular formula is C64H88O10Si3. The summed E-state index contributed by atoms with van der Waals surface area (Å²) in [6.07, 6.45) is 3.80. The van der Waals surface area contributed by atoms with Crippen LogP contribution in [0, 0.1) is 96.9 Å². The second kappa shape index (κ2) is 24.1. The van der Waals surface area contributed by atoms with Crippen molar-refractivity contribution in [2.45, 2.75) is 174 Å². The summed E-state index contributed by atoms with van der Waals surface area (Å²) in [6.45, 7) is 42.0. The van der Waals surface area contributed by atoms with Gasteiger partial charge in [0.2, 0.25) is 0 Å². The summed E-state index contributed by atoms with van der Waals surface area (Å²) in [6, 6.07) is 18.2. The molecule has 0 atom stereocenters. The molecule has 0 aromatic heterocycles. The molecule has 0 fully saturated rings. The van der Waals surface area contributed by atoms with Gasteiger partial charge in [-0.1, -0.05) is 12.1 Å². The van der Waals surface area contributed by atoms with Crippen molar-refractivity contribution in [3.63, 3.8) is 0 Å². The molecule has 0 saturated carbocycles. The van der Waals surface area contributed by atoms with E-state index in [0.29, 0.717) is 46.0 Å². The molecule has 0 amide bonds. The summed E-state index contributed by atoms with van der Waals surface area (Å²) >= 11 is 0. The molecule has 0 aliphatic rings. The van der Waals surface area contributed by atoms with E-state index in [1.165, 1.54) is 11.1 Å². The van der Waals surface area contributed by atoms with E-state index >= 15 is 0 Å². The Labute approximate surface area is 464 Å². The van der Waals surface area contributed by atoms with E-state index in [1.54, 1.807) is 14.2 Å². The highest BCUT2D eigenvalue weighted by Gasteiger charge is 2.39. The van der Waals surface area contributed by atoms with Crippen LogP contribution >= 0.6 is 0 Å². The minimum Gasteiger partial charge on any atom is -0.507 e. The molecule has 0 bridgehead atoms. The molecule has 0 spiro atoms. The number of aromatic hydroxyl groups is 2. The van der Waals surface area contributed by atoms with Crippen LogP contribution in [0.1, 0.15) is 102 Å². The number of phenolic OH excluding ortho intramolecular Hbond substituents is 2. The Morgan fingerprint density at radius 1 is 0.351 bits per heavy atom. The number of benzene rings is 6. The van der Waals surface area contributed by atoms with Crippen LogP contribution in [0.3, 0.4) is 0 Å². The summed E-state index contributed by atoms with van der Waals surface area (Å²) in [7, 11) is -3.20. The smallest absolute Gasteiger partial charge is 0.311 e. The highest BCUT2D eigenvalue weighted by Crippen LogP contribution is 2.47. The van der Waals surface area contributed by atoms with Crippen LogP contribution < -0.4 is 28.4 Å². The van der Waals surface area contributed by atoms with Gasteiger partial charge in [0.05, 0.1) is 14.2 Å². The third kappa shape index (κ3) is 14.1. The molecule has 0 aliphatic carbocycles. The van der Waals surface area contributed by atoms with Crippen molar-refractivity contribution in [3.05, 3.63) is 138 Å². The van der Waals surface area contributed by atoms with Gasteiger partial charge < -0.3 is 46.9 Å². The molecule has 6 aromatic rings. The van der Waals surface area contributed by atoms with E-state index in [-0.39, 0.29) is 0 Å². The maximum Gasteiger partial charge on any atom is 0.311 e. The number of ether oxygens (including phenoxy) is 6. The summed E-state index contributed by atoms with van der Waals surface area (Å²) in [4.78, 5) is 0. The SMILES string of the molecule is COc1cc(CCC[Si](C)(C)O[Si](C)(C)O[Si](C)(C)CCCc2cc(C)c(Oc3c(C)c(C)c(Oc4cc(C)c(O)c(C)c4)c(C)c3C)c(OC)c2)cc(C)c1Oc1c(C)c(C)c(Oc2cc(C)c(O)c(C)c2)c(C)c1C. The molecule has 0 radical (unpaired) electrons. The number of aryl methyl sites for hydroxylation is 8. The van der Waals surface area contributed by atoms with Gasteiger partial charge in [-0.3, -0.25) is 0 Å². The maximum atomic E-state index is 10.3. The van der Waals surface area contributed by atoms with E-state index in [9.17, 15) is 10.2 Å². The van der Waals surface area contributed by atoms with E-state index < -0.39 is 25.2 Å². The zero-order valence-electron chi connectivity index (χ0n) is 50.5. The van der Waals surface area contributed by atoms with Gasteiger partial charge in [0.15, 0.2) is 39.6 Å².